The van der Waals surface area contributed by atoms with Gasteiger partial charge in [0.1, 0.15) is 0 Å². The first-order valence-corrected chi connectivity index (χ1v) is 12.3. The summed E-state index contributed by atoms with van der Waals surface area (Å²) in [5, 5.41) is 0. The molecule has 1 aliphatic heterocycles. The van der Waals surface area contributed by atoms with Gasteiger partial charge in [0, 0.05) is 12.1 Å². The molecule has 1 heterocycles. The quantitative estimate of drug-likeness (QED) is 0.383. The maximum Gasteiger partial charge on any atom is 0.338 e. The molecule has 1 aliphatic rings. The van der Waals surface area contributed by atoms with E-state index in [9.17, 15) is 18.0 Å². The number of fused-ring (bicyclic) bond motifs is 1. The smallest absolute Gasteiger partial charge is 0.338 e. The summed E-state index contributed by atoms with van der Waals surface area (Å²) >= 11 is 0. The van der Waals surface area contributed by atoms with Gasteiger partial charge in [0.2, 0.25) is 0 Å². The Balaban J connectivity index is 1.43. The monoisotopic (exact) mass is 463 g/mol. The summed E-state index contributed by atoms with van der Waals surface area (Å²) in [6.45, 7) is 2.06. The number of sulfonamides is 1. The number of esters is 1. The minimum absolute atomic E-state index is 0.0999. The minimum Gasteiger partial charge on any atom is -0.454 e. The third kappa shape index (κ3) is 4.83. The average molecular weight is 464 g/mol. The summed E-state index contributed by atoms with van der Waals surface area (Å²) in [4.78, 5) is 24.8. The molecule has 0 saturated carbocycles. The fraction of sp³-hybridized carbons (Fsp3) is 0.231. The minimum atomic E-state index is -3.76. The van der Waals surface area contributed by atoms with Gasteiger partial charge in [0.15, 0.2) is 12.4 Å². The van der Waals surface area contributed by atoms with Crippen molar-refractivity contribution in [3.05, 3.63) is 95.1 Å². The van der Waals surface area contributed by atoms with Crippen molar-refractivity contribution in [2.75, 3.05) is 17.5 Å². The molecule has 0 atom stereocenters. The molecule has 0 aromatic heterocycles. The number of nitrogens with zero attached hydrogens (tertiary/aromatic N) is 1. The van der Waals surface area contributed by atoms with E-state index in [2.05, 4.69) is 0 Å². The van der Waals surface area contributed by atoms with Gasteiger partial charge >= 0.3 is 5.97 Å². The van der Waals surface area contributed by atoms with Gasteiger partial charge in [-0.25, -0.2) is 13.2 Å². The van der Waals surface area contributed by atoms with E-state index in [0.717, 1.165) is 30.4 Å². The first-order chi connectivity index (χ1) is 15.9. The zero-order valence-electron chi connectivity index (χ0n) is 18.4. The Morgan fingerprint density at radius 2 is 1.58 bits per heavy atom. The zero-order valence-corrected chi connectivity index (χ0v) is 19.2. The molecule has 0 saturated heterocycles. The largest absolute Gasteiger partial charge is 0.454 e. The van der Waals surface area contributed by atoms with Crippen molar-refractivity contribution in [1.82, 2.24) is 0 Å². The van der Waals surface area contributed by atoms with E-state index < -0.39 is 16.0 Å². The highest BCUT2D eigenvalue weighted by Gasteiger charge is 2.29. The number of hydrogen-bond acceptors (Lipinski definition) is 5. The van der Waals surface area contributed by atoms with Crippen molar-refractivity contribution in [3.8, 4) is 0 Å². The van der Waals surface area contributed by atoms with Crippen molar-refractivity contribution >= 4 is 27.5 Å². The highest BCUT2D eigenvalue weighted by Crippen LogP contribution is 2.31. The summed E-state index contributed by atoms with van der Waals surface area (Å²) in [6, 6.07) is 20.3. The number of para-hydroxylation sites is 1. The van der Waals surface area contributed by atoms with Crippen LogP contribution < -0.4 is 4.31 Å². The Labute approximate surface area is 193 Å². The molecule has 0 unspecified atom stereocenters. The molecule has 33 heavy (non-hydrogen) atoms. The fourth-order valence-corrected chi connectivity index (χ4v) is 5.40. The molecule has 170 valence electrons. The Kier molecular flexibility index (Phi) is 6.60. The Morgan fingerprint density at radius 3 is 2.27 bits per heavy atom. The third-order valence-electron chi connectivity index (χ3n) is 5.76. The number of carbonyl (C=O) groups excluding carboxylic acids is 2. The van der Waals surface area contributed by atoms with E-state index in [0.29, 0.717) is 17.8 Å². The van der Waals surface area contributed by atoms with Gasteiger partial charge in [0.25, 0.3) is 10.0 Å². The summed E-state index contributed by atoms with van der Waals surface area (Å²) in [5.41, 5.74) is 3.47. The summed E-state index contributed by atoms with van der Waals surface area (Å²) in [5.74, 6) is -0.977. The van der Waals surface area contributed by atoms with Crippen molar-refractivity contribution in [2.45, 2.75) is 31.1 Å². The Bertz CT molecular complexity index is 1260. The lowest BCUT2D eigenvalue weighted by molar-refractivity contribution is 0.0474. The predicted molar refractivity (Wildman–Crippen MR) is 126 cm³/mol. The van der Waals surface area contributed by atoms with Crippen LogP contribution in [0.25, 0.3) is 0 Å². The van der Waals surface area contributed by atoms with Crippen molar-refractivity contribution in [2.24, 2.45) is 0 Å². The van der Waals surface area contributed by atoms with Gasteiger partial charge in [-0.05, 0) is 60.7 Å². The van der Waals surface area contributed by atoms with E-state index in [1.807, 2.05) is 43.3 Å². The second-order valence-electron chi connectivity index (χ2n) is 7.88. The molecule has 0 fully saturated rings. The number of Topliss-reactive ketones (excluding diaryl/α,β-unsaturated/α-hetero) is 1. The van der Waals surface area contributed by atoms with Crippen LogP contribution in [0.5, 0.6) is 0 Å². The molecule has 0 amide bonds. The number of aryl methyl sites for hydroxylation is 2. The van der Waals surface area contributed by atoms with Crippen LogP contribution in [-0.2, 0) is 27.6 Å². The molecule has 3 aromatic carbocycles. The SMILES string of the molecule is CCc1ccc(C(=O)COC(=O)c2ccc(S(=O)(=O)N3CCCc4ccccc43)cc2)cc1. The molecule has 7 heteroatoms. The molecule has 0 N–H and O–H groups in total. The maximum absolute atomic E-state index is 13.2. The van der Waals surface area contributed by atoms with Gasteiger partial charge < -0.3 is 4.74 Å². The average Bonchev–Trinajstić information content (AvgIpc) is 2.86. The molecule has 6 nitrogen and oxygen atoms in total. The number of benzene rings is 3. The number of hydrogen-bond donors (Lipinski definition) is 0. The van der Waals surface area contributed by atoms with E-state index in [-0.39, 0.29) is 22.8 Å². The maximum atomic E-state index is 13.2. The lowest BCUT2D eigenvalue weighted by atomic mass is 10.0. The van der Waals surface area contributed by atoms with Crippen LogP contribution in [0.1, 0.15) is 45.2 Å². The van der Waals surface area contributed by atoms with Gasteiger partial charge in [-0.2, -0.15) is 0 Å². The van der Waals surface area contributed by atoms with Crippen molar-refractivity contribution in [1.29, 1.82) is 0 Å². The number of anilines is 1. The second-order valence-corrected chi connectivity index (χ2v) is 9.75. The Morgan fingerprint density at radius 1 is 0.909 bits per heavy atom. The highest BCUT2D eigenvalue weighted by atomic mass is 32.2. The standard InChI is InChI=1S/C26H25NO5S/c1-2-19-9-11-21(12-10-19)25(28)18-32-26(29)22-13-15-23(16-14-22)33(30,31)27-17-5-7-20-6-3-4-8-24(20)27/h3-4,6,8-16H,2,5,7,17-18H2,1H3. The number of ketones is 1. The molecular weight excluding hydrogens is 438 g/mol. The van der Waals surface area contributed by atoms with E-state index >= 15 is 0 Å². The first-order valence-electron chi connectivity index (χ1n) is 10.9. The molecule has 0 bridgehead atoms. The topological polar surface area (TPSA) is 80.8 Å². The van der Waals surface area contributed by atoms with E-state index in [4.69, 9.17) is 4.74 Å². The number of carbonyl (C=O) groups is 2. The lowest BCUT2D eigenvalue weighted by Crippen LogP contribution is -2.35. The number of ether oxygens (including phenoxy) is 1. The fourth-order valence-electron chi connectivity index (χ4n) is 3.86. The lowest BCUT2D eigenvalue weighted by Gasteiger charge is -2.30. The van der Waals surface area contributed by atoms with Crippen LogP contribution in [0.15, 0.2) is 77.7 Å². The Hall–Kier alpha value is -3.45. The first kappa shape index (κ1) is 22.7. The number of rotatable bonds is 7. The summed E-state index contributed by atoms with van der Waals surface area (Å²) in [6.07, 6.45) is 2.46. The molecule has 3 aromatic rings. The van der Waals surface area contributed by atoms with Crippen LogP contribution in [0, 0.1) is 0 Å². The third-order valence-corrected chi connectivity index (χ3v) is 7.59. The van der Waals surface area contributed by atoms with Crippen molar-refractivity contribution < 1.29 is 22.7 Å². The summed E-state index contributed by atoms with van der Waals surface area (Å²) < 4.78 is 33.0. The van der Waals surface area contributed by atoms with Gasteiger partial charge in [-0.1, -0.05) is 49.4 Å². The van der Waals surface area contributed by atoms with Crippen LogP contribution in [0.4, 0.5) is 5.69 Å². The molecule has 0 radical (unpaired) electrons. The van der Waals surface area contributed by atoms with Gasteiger partial charge in [-0.3, -0.25) is 9.10 Å². The van der Waals surface area contributed by atoms with Gasteiger partial charge in [-0.15, -0.1) is 0 Å². The van der Waals surface area contributed by atoms with Crippen LogP contribution in [-0.4, -0.2) is 33.3 Å². The molecular formula is C26H25NO5S. The molecule has 0 aliphatic carbocycles. The zero-order chi connectivity index (χ0) is 23.4. The van der Waals surface area contributed by atoms with Crippen LogP contribution in [0.2, 0.25) is 0 Å². The van der Waals surface area contributed by atoms with Crippen molar-refractivity contribution in [3.63, 3.8) is 0 Å². The normalized spacial score (nSPS) is 13.3. The predicted octanol–water partition coefficient (Wildman–Crippen LogP) is 4.43. The van der Waals surface area contributed by atoms with E-state index in [1.54, 1.807) is 12.1 Å². The van der Waals surface area contributed by atoms with Crippen LogP contribution >= 0.6 is 0 Å². The highest BCUT2D eigenvalue weighted by molar-refractivity contribution is 7.92. The molecule has 0 spiro atoms. The summed E-state index contributed by atoms with van der Waals surface area (Å²) in [7, 11) is -3.76. The van der Waals surface area contributed by atoms with Crippen LogP contribution in [0.3, 0.4) is 0 Å². The molecule has 4 rings (SSSR count). The second kappa shape index (κ2) is 9.58. The van der Waals surface area contributed by atoms with Gasteiger partial charge in [0.05, 0.1) is 16.1 Å². The van der Waals surface area contributed by atoms with E-state index in [1.165, 1.54) is 28.6 Å².